The molecule has 1 aliphatic rings. The van der Waals surface area contributed by atoms with Gasteiger partial charge >= 0.3 is 0 Å². The van der Waals surface area contributed by atoms with Gasteiger partial charge in [0, 0.05) is 24.8 Å². The lowest BCUT2D eigenvalue weighted by atomic mass is 10.1. The molecule has 0 unspecified atom stereocenters. The Kier molecular flexibility index (Phi) is 5.05. The monoisotopic (exact) mass is 331 g/mol. The highest BCUT2D eigenvalue weighted by Gasteiger charge is 2.11. The van der Waals surface area contributed by atoms with E-state index in [0.717, 1.165) is 43.6 Å². The summed E-state index contributed by atoms with van der Waals surface area (Å²) in [5.74, 6) is -1.29. The van der Waals surface area contributed by atoms with E-state index in [1.54, 1.807) is 0 Å². The highest BCUT2D eigenvalue weighted by molar-refractivity contribution is 5.99. The quantitative estimate of drug-likeness (QED) is 0.686. The van der Waals surface area contributed by atoms with Crippen LogP contribution in [-0.4, -0.2) is 32.0 Å². The Bertz CT molecular complexity index is 726. The van der Waals surface area contributed by atoms with E-state index in [4.69, 9.17) is 4.74 Å². The maximum atomic E-state index is 13.6. The van der Waals surface area contributed by atoms with Crippen molar-refractivity contribution in [1.82, 2.24) is 0 Å². The van der Waals surface area contributed by atoms with Gasteiger partial charge < -0.3 is 9.64 Å². The van der Waals surface area contributed by atoms with Crippen LogP contribution in [0.3, 0.4) is 0 Å². The Morgan fingerprint density at radius 3 is 2.46 bits per heavy atom. The molecule has 1 N–H and O–H groups in total. The molecule has 2 aromatic carbocycles. The molecule has 0 spiro atoms. The van der Waals surface area contributed by atoms with Crippen LogP contribution >= 0.6 is 0 Å². The molecule has 4 nitrogen and oxygen atoms in total. The predicted octanol–water partition coefficient (Wildman–Crippen LogP) is 3.64. The zero-order valence-corrected chi connectivity index (χ0v) is 13.4. The van der Waals surface area contributed by atoms with Crippen molar-refractivity contribution in [3.8, 4) is 0 Å². The molecule has 0 amide bonds. The Morgan fingerprint density at radius 2 is 1.79 bits per heavy atom. The molecule has 24 heavy (non-hydrogen) atoms. The van der Waals surface area contributed by atoms with Crippen molar-refractivity contribution < 1.29 is 13.5 Å². The number of halogens is 2. The summed E-state index contributed by atoms with van der Waals surface area (Å²) in [5, 5.41) is 4.17. The van der Waals surface area contributed by atoms with Crippen LogP contribution in [0.25, 0.3) is 0 Å². The standard InChI is InChI=1S/C18H19F2N3O/c1-13(21-22-18-7-4-15(19)12-17(18)20)14-2-5-16(6-3-14)23-8-10-24-11-9-23/h2-7,12,22H,8-11H2,1H3. The number of hydrogen-bond acceptors (Lipinski definition) is 4. The zero-order chi connectivity index (χ0) is 16.9. The summed E-state index contributed by atoms with van der Waals surface area (Å²) >= 11 is 0. The highest BCUT2D eigenvalue weighted by atomic mass is 19.1. The topological polar surface area (TPSA) is 36.9 Å². The number of nitrogens with one attached hydrogen (secondary N) is 1. The predicted molar refractivity (Wildman–Crippen MR) is 91.7 cm³/mol. The smallest absolute Gasteiger partial charge is 0.151 e. The minimum absolute atomic E-state index is 0.140. The summed E-state index contributed by atoms with van der Waals surface area (Å²) in [6, 6.07) is 11.4. The molecule has 1 saturated heterocycles. The normalized spacial score (nSPS) is 15.5. The molecule has 1 heterocycles. The molecule has 0 radical (unpaired) electrons. The molecule has 0 aromatic heterocycles. The van der Waals surface area contributed by atoms with E-state index in [-0.39, 0.29) is 5.69 Å². The van der Waals surface area contributed by atoms with Crippen LogP contribution in [0.4, 0.5) is 20.2 Å². The van der Waals surface area contributed by atoms with Gasteiger partial charge in [-0.2, -0.15) is 5.10 Å². The first-order chi connectivity index (χ1) is 11.6. The molecular formula is C18H19F2N3O. The number of benzene rings is 2. The molecule has 0 aliphatic carbocycles. The van der Waals surface area contributed by atoms with Gasteiger partial charge in [-0.05, 0) is 36.8 Å². The summed E-state index contributed by atoms with van der Waals surface area (Å²) in [7, 11) is 0. The highest BCUT2D eigenvalue weighted by Crippen LogP contribution is 2.18. The van der Waals surface area contributed by atoms with Gasteiger partial charge in [-0.25, -0.2) is 8.78 Å². The van der Waals surface area contributed by atoms with Gasteiger partial charge in [0.25, 0.3) is 0 Å². The van der Waals surface area contributed by atoms with Gasteiger partial charge in [-0.15, -0.1) is 0 Å². The molecule has 6 heteroatoms. The molecule has 1 fully saturated rings. The Hall–Kier alpha value is -2.47. The second-order valence-corrected chi connectivity index (χ2v) is 5.58. The SMILES string of the molecule is CC(=NNc1ccc(F)cc1F)c1ccc(N2CCOCC2)cc1. The van der Waals surface area contributed by atoms with Crippen LogP contribution in [0.15, 0.2) is 47.6 Å². The van der Waals surface area contributed by atoms with Gasteiger partial charge in [0.1, 0.15) is 5.82 Å². The number of nitrogens with zero attached hydrogens (tertiary/aromatic N) is 2. The first-order valence-corrected chi connectivity index (χ1v) is 7.82. The minimum atomic E-state index is -0.672. The van der Waals surface area contributed by atoms with Crippen molar-refractivity contribution in [2.24, 2.45) is 5.10 Å². The van der Waals surface area contributed by atoms with E-state index in [1.165, 1.54) is 12.1 Å². The van der Waals surface area contributed by atoms with E-state index >= 15 is 0 Å². The minimum Gasteiger partial charge on any atom is -0.378 e. The van der Waals surface area contributed by atoms with Crippen LogP contribution < -0.4 is 10.3 Å². The lowest BCUT2D eigenvalue weighted by Gasteiger charge is -2.28. The maximum Gasteiger partial charge on any atom is 0.151 e. The fourth-order valence-corrected chi connectivity index (χ4v) is 2.52. The second-order valence-electron chi connectivity index (χ2n) is 5.58. The number of anilines is 2. The molecule has 0 atom stereocenters. The van der Waals surface area contributed by atoms with E-state index in [2.05, 4.69) is 15.4 Å². The van der Waals surface area contributed by atoms with E-state index in [0.29, 0.717) is 5.71 Å². The second kappa shape index (κ2) is 7.40. The van der Waals surface area contributed by atoms with Crippen molar-refractivity contribution in [2.45, 2.75) is 6.92 Å². The Balaban J connectivity index is 1.68. The van der Waals surface area contributed by atoms with Gasteiger partial charge in [0.2, 0.25) is 0 Å². The fraction of sp³-hybridized carbons (Fsp3) is 0.278. The summed E-state index contributed by atoms with van der Waals surface area (Å²) in [6.45, 7) is 5.10. The third-order valence-corrected chi connectivity index (χ3v) is 3.94. The van der Waals surface area contributed by atoms with Crippen molar-refractivity contribution in [3.63, 3.8) is 0 Å². The first-order valence-electron chi connectivity index (χ1n) is 7.82. The summed E-state index contributed by atoms with van der Waals surface area (Å²) in [4.78, 5) is 2.27. The molecule has 0 saturated carbocycles. The Labute approximate surface area is 139 Å². The van der Waals surface area contributed by atoms with Gasteiger partial charge in [0.15, 0.2) is 5.82 Å². The average molecular weight is 331 g/mol. The van der Waals surface area contributed by atoms with E-state index < -0.39 is 11.6 Å². The molecule has 2 aromatic rings. The number of hydrogen-bond donors (Lipinski definition) is 1. The number of rotatable bonds is 4. The first kappa shape index (κ1) is 16.4. The van der Waals surface area contributed by atoms with Crippen molar-refractivity contribution in [1.29, 1.82) is 0 Å². The molecule has 0 bridgehead atoms. The molecule has 126 valence electrons. The summed E-state index contributed by atoms with van der Waals surface area (Å²) in [6.07, 6.45) is 0. The van der Waals surface area contributed by atoms with Crippen LogP contribution in [0.1, 0.15) is 12.5 Å². The van der Waals surface area contributed by atoms with E-state index in [1.807, 2.05) is 31.2 Å². The van der Waals surface area contributed by atoms with Gasteiger partial charge in [0.05, 0.1) is 24.6 Å². The zero-order valence-electron chi connectivity index (χ0n) is 13.4. The van der Waals surface area contributed by atoms with E-state index in [9.17, 15) is 8.78 Å². The Morgan fingerprint density at radius 1 is 1.08 bits per heavy atom. The maximum absolute atomic E-state index is 13.6. The molecule has 1 aliphatic heterocycles. The molecule has 3 rings (SSSR count). The van der Waals surface area contributed by atoms with Gasteiger partial charge in [-0.1, -0.05) is 12.1 Å². The third-order valence-electron chi connectivity index (χ3n) is 3.94. The third kappa shape index (κ3) is 3.89. The average Bonchev–Trinajstić information content (AvgIpc) is 2.62. The lowest BCUT2D eigenvalue weighted by Crippen LogP contribution is -2.36. The number of ether oxygens (including phenoxy) is 1. The number of morpholine rings is 1. The van der Waals surface area contributed by atoms with Crippen molar-refractivity contribution >= 4 is 17.1 Å². The van der Waals surface area contributed by atoms with Crippen molar-refractivity contribution in [3.05, 3.63) is 59.7 Å². The van der Waals surface area contributed by atoms with Crippen molar-refractivity contribution in [2.75, 3.05) is 36.6 Å². The largest absolute Gasteiger partial charge is 0.378 e. The summed E-state index contributed by atoms with van der Waals surface area (Å²) in [5.41, 5.74) is 5.57. The van der Waals surface area contributed by atoms with Crippen LogP contribution in [-0.2, 0) is 4.74 Å². The summed E-state index contributed by atoms with van der Waals surface area (Å²) < 4.78 is 31.8. The number of hydrazone groups is 1. The van der Waals surface area contributed by atoms with Crippen LogP contribution in [0.5, 0.6) is 0 Å². The fourth-order valence-electron chi connectivity index (χ4n) is 2.52. The van der Waals surface area contributed by atoms with Crippen LogP contribution in [0, 0.1) is 11.6 Å². The molecular weight excluding hydrogens is 312 g/mol. The lowest BCUT2D eigenvalue weighted by molar-refractivity contribution is 0.122. The van der Waals surface area contributed by atoms with Crippen LogP contribution in [0.2, 0.25) is 0 Å². The van der Waals surface area contributed by atoms with Gasteiger partial charge in [-0.3, -0.25) is 5.43 Å².